The second-order valence-electron chi connectivity index (χ2n) is 4.50. The van der Waals surface area contributed by atoms with Crippen molar-refractivity contribution in [3.05, 3.63) is 50.6 Å². The molecule has 1 N–H and O–H groups in total. The molecule has 0 radical (unpaired) electrons. The second kappa shape index (κ2) is 7.63. The first-order valence-electron chi connectivity index (χ1n) is 6.43. The van der Waals surface area contributed by atoms with Crippen molar-refractivity contribution >= 4 is 52.1 Å². The van der Waals surface area contributed by atoms with Crippen molar-refractivity contribution in [3.8, 4) is 0 Å². The van der Waals surface area contributed by atoms with Crippen molar-refractivity contribution in [3.63, 3.8) is 0 Å². The van der Waals surface area contributed by atoms with Gasteiger partial charge in [0.2, 0.25) is 0 Å². The third kappa shape index (κ3) is 4.73. The van der Waals surface area contributed by atoms with Crippen molar-refractivity contribution in [2.75, 3.05) is 5.32 Å². The standard InChI is InChI=1S/C15H13Cl2NO3S/c1-9(21-14(19)8-11-3-2-6-22-11)15(20)18-13-5-4-10(16)7-12(13)17/h2-7,9H,8H2,1H3,(H,18,20). The van der Waals surface area contributed by atoms with Gasteiger partial charge >= 0.3 is 5.97 Å². The summed E-state index contributed by atoms with van der Waals surface area (Å²) in [5, 5.41) is 5.26. The van der Waals surface area contributed by atoms with Crippen LogP contribution in [0.2, 0.25) is 10.0 Å². The van der Waals surface area contributed by atoms with Gasteiger partial charge in [0.1, 0.15) is 0 Å². The lowest BCUT2D eigenvalue weighted by Crippen LogP contribution is -2.30. The molecule has 0 saturated heterocycles. The maximum absolute atomic E-state index is 12.0. The van der Waals surface area contributed by atoms with Gasteiger partial charge in [-0.25, -0.2) is 0 Å². The van der Waals surface area contributed by atoms with Crippen LogP contribution in [0.15, 0.2) is 35.7 Å². The van der Waals surface area contributed by atoms with E-state index < -0.39 is 18.0 Å². The van der Waals surface area contributed by atoms with Gasteiger partial charge in [-0.15, -0.1) is 11.3 Å². The number of ether oxygens (including phenoxy) is 1. The normalized spacial score (nSPS) is 11.8. The molecule has 4 nitrogen and oxygen atoms in total. The number of halogens is 2. The number of carbonyl (C=O) groups excluding carboxylic acids is 2. The molecule has 7 heteroatoms. The minimum absolute atomic E-state index is 0.150. The van der Waals surface area contributed by atoms with E-state index in [1.165, 1.54) is 24.3 Å². The number of esters is 1. The van der Waals surface area contributed by atoms with Crippen LogP contribution in [0, 0.1) is 0 Å². The average Bonchev–Trinajstić information content (AvgIpc) is 2.94. The zero-order valence-corrected chi connectivity index (χ0v) is 14.0. The molecule has 0 fully saturated rings. The van der Waals surface area contributed by atoms with E-state index in [-0.39, 0.29) is 6.42 Å². The summed E-state index contributed by atoms with van der Waals surface area (Å²) in [5.41, 5.74) is 0.414. The number of thiophene rings is 1. The molecular weight excluding hydrogens is 345 g/mol. The Morgan fingerprint density at radius 2 is 2.09 bits per heavy atom. The Morgan fingerprint density at radius 3 is 2.73 bits per heavy atom. The number of rotatable bonds is 5. The molecule has 0 aliphatic heterocycles. The molecule has 0 aliphatic rings. The number of amides is 1. The van der Waals surface area contributed by atoms with Gasteiger partial charge < -0.3 is 10.1 Å². The zero-order chi connectivity index (χ0) is 16.1. The molecule has 0 aliphatic carbocycles. The van der Waals surface area contributed by atoms with Gasteiger partial charge in [-0.05, 0) is 36.6 Å². The van der Waals surface area contributed by atoms with Crippen molar-refractivity contribution in [1.82, 2.24) is 0 Å². The molecule has 1 amide bonds. The third-order valence-corrected chi connectivity index (χ3v) is 4.19. The fraction of sp³-hybridized carbons (Fsp3) is 0.200. The molecule has 0 saturated carbocycles. The number of hydrogen-bond acceptors (Lipinski definition) is 4. The van der Waals surface area contributed by atoms with E-state index in [4.69, 9.17) is 27.9 Å². The van der Waals surface area contributed by atoms with Gasteiger partial charge in [0.25, 0.3) is 5.91 Å². The summed E-state index contributed by atoms with van der Waals surface area (Å²) in [6, 6.07) is 8.40. The molecular formula is C15H13Cl2NO3S. The first-order valence-corrected chi connectivity index (χ1v) is 8.07. The first kappa shape index (κ1) is 16.8. The molecule has 1 atom stereocenters. The molecule has 2 rings (SSSR count). The average molecular weight is 358 g/mol. The summed E-state index contributed by atoms with van der Waals surface area (Å²) in [7, 11) is 0. The van der Waals surface area contributed by atoms with Crippen LogP contribution in [-0.2, 0) is 20.7 Å². The summed E-state index contributed by atoms with van der Waals surface area (Å²) in [4.78, 5) is 24.6. The number of nitrogens with one attached hydrogen (secondary N) is 1. The Morgan fingerprint density at radius 1 is 1.32 bits per heavy atom. The fourth-order valence-electron chi connectivity index (χ4n) is 1.67. The van der Waals surface area contributed by atoms with Crippen LogP contribution in [0.4, 0.5) is 5.69 Å². The highest BCUT2D eigenvalue weighted by Crippen LogP contribution is 2.25. The molecule has 1 aromatic carbocycles. The van der Waals surface area contributed by atoms with Gasteiger partial charge in [0.05, 0.1) is 17.1 Å². The number of carbonyl (C=O) groups is 2. The van der Waals surface area contributed by atoms with Gasteiger partial charge in [-0.3, -0.25) is 9.59 Å². The van der Waals surface area contributed by atoms with Gasteiger partial charge in [-0.1, -0.05) is 29.3 Å². The molecule has 22 heavy (non-hydrogen) atoms. The number of benzene rings is 1. The maximum atomic E-state index is 12.0. The number of anilines is 1. The van der Waals surface area contributed by atoms with E-state index >= 15 is 0 Å². The van der Waals surface area contributed by atoms with E-state index in [1.54, 1.807) is 12.1 Å². The van der Waals surface area contributed by atoms with E-state index in [0.717, 1.165) is 4.88 Å². The molecule has 0 spiro atoms. The summed E-state index contributed by atoms with van der Waals surface area (Å²) in [6.07, 6.45) is -0.768. The van der Waals surface area contributed by atoms with E-state index in [9.17, 15) is 9.59 Å². The van der Waals surface area contributed by atoms with E-state index in [1.807, 2.05) is 17.5 Å². The Bertz CT molecular complexity index is 673. The Kier molecular flexibility index (Phi) is 5.83. The SMILES string of the molecule is CC(OC(=O)Cc1cccs1)C(=O)Nc1ccc(Cl)cc1Cl. The highest BCUT2D eigenvalue weighted by molar-refractivity contribution is 7.10. The van der Waals surface area contributed by atoms with Crippen LogP contribution in [0.5, 0.6) is 0 Å². The van der Waals surface area contributed by atoms with Crippen LogP contribution < -0.4 is 5.32 Å². The molecule has 2 aromatic rings. The molecule has 0 bridgehead atoms. The predicted octanol–water partition coefficient (Wildman–Crippen LogP) is 4.17. The minimum atomic E-state index is -0.917. The van der Waals surface area contributed by atoms with Crippen molar-refractivity contribution in [2.24, 2.45) is 0 Å². The van der Waals surface area contributed by atoms with Gasteiger partial charge in [0.15, 0.2) is 6.10 Å². The van der Waals surface area contributed by atoms with Crippen LogP contribution in [0.3, 0.4) is 0 Å². The largest absolute Gasteiger partial charge is 0.452 e. The van der Waals surface area contributed by atoms with Crippen LogP contribution in [-0.4, -0.2) is 18.0 Å². The fourth-order valence-corrected chi connectivity index (χ4v) is 2.82. The molecule has 116 valence electrons. The zero-order valence-electron chi connectivity index (χ0n) is 11.6. The van der Waals surface area contributed by atoms with Crippen LogP contribution >= 0.6 is 34.5 Å². The van der Waals surface area contributed by atoms with Gasteiger partial charge in [-0.2, -0.15) is 0 Å². The maximum Gasteiger partial charge on any atom is 0.311 e. The van der Waals surface area contributed by atoms with E-state index in [2.05, 4.69) is 5.32 Å². The molecule has 1 unspecified atom stereocenters. The predicted molar refractivity (Wildman–Crippen MR) is 88.7 cm³/mol. The summed E-state index contributed by atoms with van der Waals surface area (Å²) >= 11 is 13.2. The summed E-state index contributed by atoms with van der Waals surface area (Å²) < 4.78 is 5.11. The van der Waals surface area contributed by atoms with Gasteiger partial charge in [0, 0.05) is 9.90 Å². The monoisotopic (exact) mass is 357 g/mol. The second-order valence-corrected chi connectivity index (χ2v) is 6.38. The van der Waals surface area contributed by atoms with Crippen molar-refractivity contribution in [1.29, 1.82) is 0 Å². The van der Waals surface area contributed by atoms with Crippen molar-refractivity contribution < 1.29 is 14.3 Å². The third-order valence-electron chi connectivity index (χ3n) is 2.77. The smallest absolute Gasteiger partial charge is 0.311 e. The van der Waals surface area contributed by atoms with Crippen LogP contribution in [0.1, 0.15) is 11.8 Å². The highest BCUT2D eigenvalue weighted by Gasteiger charge is 2.19. The Labute approximate surface area is 142 Å². The minimum Gasteiger partial charge on any atom is -0.452 e. The molecule has 1 heterocycles. The van der Waals surface area contributed by atoms with Crippen molar-refractivity contribution in [2.45, 2.75) is 19.4 Å². The summed E-state index contributed by atoms with van der Waals surface area (Å²) in [6.45, 7) is 1.51. The lowest BCUT2D eigenvalue weighted by Gasteiger charge is -2.14. The lowest BCUT2D eigenvalue weighted by atomic mass is 10.3. The molecule has 1 aromatic heterocycles. The lowest BCUT2D eigenvalue weighted by molar-refractivity contribution is -0.152. The highest BCUT2D eigenvalue weighted by atomic mass is 35.5. The summed E-state index contributed by atoms with van der Waals surface area (Å²) in [5.74, 6) is -0.906. The Balaban J connectivity index is 1.90. The van der Waals surface area contributed by atoms with Crippen LogP contribution in [0.25, 0.3) is 0 Å². The van der Waals surface area contributed by atoms with E-state index in [0.29, 0.717) is 15.7 Å². The quantitative estimate of drug-likeness (QED) is 0.817. The first-order chi connectivity index (χ1) is 10.5. The topological polar surface area (TPSA) is 55.4 Å². The Hall–Kier alpha value is -1.56. The number of hydrogen-bond donors (Lipinski definition) is 1.